The van der Waals surface area contributed by atoms with Crippen LogP contribution in [0.5, 0.6) is 0 Å². The summed E-state index contributed by atoms with van der Waals surface area (Å²) in [6.07, 6.45) is 2.19. The Labute approximate surface area is 138 Å². The van der Waals surface area contributed by atoms with Gasteiger partial charge in [0, 0.05) is 25.0 Å². The first kappa shape index (κ1) is 17.3. The lowest BCUT2D eigenvalue weighted by molar-refractivity contribution is -0.128. The summed E-state index contributed by atoms with van der Waals surface area (Å²) in [6, 6.07) is 6.08. The lowest BCUT2D eigenvalue weighted by Crippen LogP contribution is -2.43. The van der Waals surface area contributed by atoms with Crippen molar-refractivity contribution in [3.63, 3.8) is 0 Å². The minimum absolute atomic E-state index is 0.0925. The molecule has 1 aliphatic heterocycles. The second-order valence-electron chi connectivity index (χ2n) is 7.36. The standard InChI is InChI=1S/C18H26N4O/c1-13-7-8-16(21-15(13)10-19)22-9-5-6-14(12-22)11-20-17(23)18(2,3)4/h7-8,14H,5-6,9,11-12H2,1-4H3,(H,20,23). The molecule has 1 N–H and O–H groups in total. The third-order valence-corrected chi connectivity index (χ3v) is 4.26. The van der Waals surface area contributed by atoms with Crippen LogP contribution in [0.4, 0.5) is 5.82 Å². The highest BCUT2D eigenvalue weighted by Gasteiger charge is 2.25. The number of hydrogen-bond acceptors (Lipinski definition) is 4. The second kappa shape index (κ2) is 6.99. The van der Waals surface area contributed by atoms with Crippen LogP contribution in [-0.4, -0.2) is 30.5 Å². The summed E-state index contributed by atoms with van der Waals surface area (Å²) in [6.45, 7) is 10.2. The smallest absolute Gasteiger partial charge is 0.225 e. The van der Waals surface area contributed by atoms with E-state index >= 15 is 0 Å². The van der Waals surface area contributed by atoms with E-state index in [-0.39, 0.29) is 11.3 Å². The van der Waals surface area contributed by atoms with E-state index in [1.165, 1.54) is 0 Å². The quantitative estimate of drug-likeness (QED) is 0.931. The molecule has 2 heterocycles. The zero-order valence-electron chi connectivity index (χ0n) is 14.5. The first-order valence-electron chi connectivity index (χ1n) is 8.22. The zero-order valence-corrected chi connectivity index (χ0v) is 14.5. The van der Waals surface area contributed by atoms with Crippen LogP contribution in [0, 0.1) is 29.6 Å². The molecule has 23 heavy (non-hydrogen) atoms. The number of nitrogens with zero attached hydrogens (tertiary/aromatic N) is 3. The van der Waals surface area contributed by atoms with Crippen LogP contribution < -0.4 is 10.2 Å². The fourth-order valence-corrected chi connectivity index (χ4v) is 2.75. The van der Waals surface area contributed by atoms with Gasteiger partial charge in [-0.25, -0.2) is 4.98 Å². The van der Waals surface area contributed by atoms with Crippen LogP contribution in [-0.2, 0) is 4.79 Å². The number of aryl methyl sites for hydroxylation is 1. The Balaban J connectivity index is 1.98. The van der Waals surface area contributed by atoms with Gasteiger partial charge in [0.05, 0.1) is 0 Å². The van der Waals surface area contributed by atoms with Crippen LogP contribution in [0.1, 0.15) is 44.9 Å². The molecular weight excluding hydrogens is 288 g/mol. The van der Waals surface area contributed by atoms with Crippen molar-refractivity contribution in [1.29, 1.82) is 5.26 Å². The molecule has 5 heteroatoms. The molecule has 5 nitrogen and oxygen atoms in total. The predicted molar refractivity (Wildman–Crippen MR) is 91.1 cm³/mol. The Hall–Kier alpha value is -2.09. The Bertz CT molecular complexity index is 612. The van der Waals surface area contributed by atoms with Crippen LogP contribution >= 0.6 is 0 Å². The van der Waals surface area contributed by atoms with E-state index in [4.69, 9.17) is 5.26 Å². The summed E-state index contributed by atoms with van der Waals surface area (Å²) >= 11 is 0. The SMILES string of the molecule is Cc1ccc(N2CCCC(CNC(=O)C(C)(C)C)C2)nc1C#N. The molecule has 0 aliphatic carbocycles. The van der Waals surface area contributed by atoms with Crippen molar-refractivity contribution >= 4 is 11.7 Å². The van der Waals surface area contributed by atoms with Crippen molar-refractivity contribution in [3.8, 4) is 6.07 Å². The molecular formula is C18H26N4O. The molecule has 124 valence electrons. The van der Waals surface area contributed by atoms with Crippen molar-refractivity contribution in [2.75, 3.05) is 24.5 Å². The van der Waals surface area contributed by atoms with Gasteiger partial charge in [-0.3, -0.25) is 4.79 Å². The monoisotopic (exact) mass is 314 g/mol. The number of aromatic nitrogens is 1. The number of rotatable bonds is 3. The fourth-order valence-electron chi connectivity index (χ4n) is 2.75. The van der Waals surface area contributed by atoms with Gasteiger partial charge in [0.15, 0.2) is 0 Å². The highest BCUT2D eigenvalue weighted by atomic mass is 16.2. The number of anilines is 1. The minimum Gasteiger partial charge on any atom is -0.356 e. The number of piperidine rings is 1. The van der Waals surface area contributed by atoms with E-state index in [1.807, 2.05) is 39.8 Å². The summed E-state index contributed by atoms with van der Waals surface area (Å²) in [4.78, 5) is 18.7. The van der Waals surface area contributed by atoms with E-state index in [9.17, 15) is 4.79 Å². The average Bonchev–Trinajstić information content (AvgIpc) is 2.52. The van der Waals surface area contributed by atoms with Gasteiger partial charge < -0.3 is 10.2 Å². The molecule has 1 aromatic rings. The molecule has 2 rings (SSSR count). The zero-order chi connectivity index (χ0) is 17.0. The summed E-state index contributed by atoms with van der Waals surface area (Å²) in [5.41, 5.74) is 1.04. The van der Waals surface area contributed by atoms with Gasteiger partial charge in [0.25, 0.3) is 0 Å². The van der Waals surface area contributed by atoms with Gasteiger partial charge >= 0.3 is 0 Å². The number of nitrogens with one attached hydrogen (secondary N) is 1. The van der Waals surface area contributed by atoms with Crippen LogP contribution in [0.3, 0.4) is 0 Å². The Morgan fingerprint density at radius 1 is 1.48 bits per heavy atom. The number of hydrogen-bond donors (Lipinski definition) is 1. The van der Waals surface area contributed by atoms with Gasteiger partial charge in [-0.15, -0.1) is 0 Å². The van der Waals surface area contributed by atoms with Crippen LogP contribution in [0.25, 0.3) is 0 Å². The summed E-state index contributed by atoms with van der Waals surface area (Å²) < 4.78 is 0. The summed E-state index contributed by atoms with van der Waals surface area (Å²) in [5.74, 6) is 1.37. The highest BCUT2D eigenvalue weighted by molar-refractivity contribution is 5.81. The molecule has 0 spiro atoms. The van der Waals surface area contributed by atoms with Crippen LogP contribution in [0.2, 0.25) is 0 Å². The van der Waals surface area contributed by atoms with E-state index in [1.54, 1.807) is 0 Å². The molecule has 0 radical (unpaired) electrons. The van der Waals surface area contributed by atoms with Crippen molar-refractivity contribution in [2.24, 2.45) is 11.3 Å². The molecule has 1 unspecified atom stereocenters. The highest BCUT2D eigenvalue weighted by Crippen LogP contribution is 2.23. The molecule has 1 aromatic heterocycles. The van der Waals surface area contributed by atoms with Crippen molar-refractivity contribution in [1.82, 2.24) is 10.3 Å². The third kappa shape index (κ3) is 4.44. The van der Waals surface area contributed by atoms with E-state index in [0.29, 0.717) is 18.2 Å². The molecule has 0 bridgehead atoms. The first-order chi connectivity index (χ1) is 10.8. The molecule has 1 aliphatic rings. The number of carbonyl (C=O) groups excluding carboxylic acids is 1. The number of pyridine rings is 1. The number of nitriles is 1. The van der Waals surface area contributed by atoms with E-state index in [2.05, 4.69) is 21.3 Å². The largest absolute Gasteiger partial charge is 0.356 e. The lowest BCUT2D eigenvalue weighted by Gasteiger charge is -2.34. The fraction of sp³-hybridized carbons (Fsp3) is 0.611. The Morgan fingerprint density at radius 2 is 2.22 bits per heavy atom. The molecule has 1 atom stereocenters. The lowest BCUT2D eigenvalue weighted by atomic mass is 9.94. The maximum Gasteiger partial charge on any atom is 0.225 e. The van der Waals surface area contributed by atoms with Crippen molar-refractivity contribution < 1.29 is 4.79 Å². The van der Waals surface area contributed by atoms with Crippen molar-refractivity contribution in [3.05, 3.63) is 23.4 Å². The molecule has 1 amide bonds. The molecule has 1 saturated heterocycles. The molecule has 0 saturated carbocycles. The summed E-state index contributed by atoms with van der Waals surface area (Å²) in [5, 5.41) is 12.2. The van der Waals surface area contributed by atoms with E-state index in [0.717, 1.165) is 37.3 Å². The maximum atomic E-state index is 12.0. The van der Waals surface area contributed by atoms with Gasteiger partial charge in [-0.2, -0.15) is 5.26 Å². The Morgan fingerprint density at radius 3 is 2.87 bits per heavy atom. The van der Waals surface area contributed by atoms with Crippen molar-refractivity contribution in [2.45, 2.75) is 40.5 Å². The average molecular weight is 314 g/mol. The van der Waals surface area contributed by atoms with Gasteiger partial charge in [0.2, 0.25) is 5.91 Å². The Kier molecular flexibility index (Phi) is 5.25. The van der Waals surface area contributed by atoms with Gasteiger partial charge in [0.1, 0.15) is 17.6 Å². The van der Waals surface area contributed by atoms with E-state index < -0.39 is 0 Å². The predicted octanol–water partition coefficient (Wildman–Crippen LogP) is 2.64. The molecule has 0 aromatic carbocycles. The third-order valence-electron chi connectivity index (χ3n) is 4.26. The van der Waals surface area contributed by atoms with Gasteiger partial charge in [-0.1, -0.05) is 26.8 Å². The van der Waals surface area contributed by atoms with Crippen LogP contribution in [0.15, 0.2) is 12.1 Å². The second-order valence-corrected chi connectivity index (χ2v) is 7.36. The first-order valence-corrected chi connectivity index (χ1v) is 8.22. The number of carbonyl (C=O) groups is 1. The minimum atomic E-state index is -0.353. The molecule has 1 fully saturated rings. The topological polar surface area (TPSA) is 69.0 Å². The summed E-state index contributed by atoms with van der Waals surface area (Å²) in [7, 11) is 0. The van der Waals surface area contributed by atoms with Gasteiger partial charge in [-0.05, 0) is 37.3 Å². The normalized spacial score (nSPS) is 18.4. The maximum absolute atomic E-state index is 12.0. The number of amides is 1.